The quantitative estimate of drug-likeness (QED) is 0.762. The monoisotopic (exact) mass is 339 g/mol. The Morgan fingerprint density at radius 1 is 1.08 bits per heavy atom. The number of nitrogen functional groups attached to an aromatic ring is 1. The van der Waals surface area contributed by atoms with Gasteiger partial charge in [-0.2, -0.15) is 0 Å². The lowest BCUT2D eigenvalue weighted by Crippen LogP contribution is -2.39. The molecule has 0 unspecified atom stereocenters. The number of anilines is 2. The summed E-state index contributed by atoms with van der Waals surface area (Å²) in [5.41, 5.74) is 8.99. The molecule has 0 bridgehead atoms. The third-order valence-electron chi connectivity index (χ3n) is 3.93. The minimum atomic E-state index is -0.187. The Morgan fingerprint density at radius 2 is 1.76 bits per heavy atom. The van der Waals surface area contributed by atoms with Gasteiger partial charge < -0.3 is 16.0 Å². The van der Waals surface area contributed by atoms with Crippen molar-refractivity contribution in [3.8, 4) is 0 Å². The van der Waals surface area contributed by atoms with E-state index in [4.69, 9.17) is 5.73 Å². The summed E-state index contributed by atoms with van der Waals surface area (Å²) in [6.45, 7) is 4.53. The van der Waals surface area contributed by atoms with Crippen LogP contribution in [0.15, 0.2) is 48.5 Å². The number of nitrogens with one attached hydrogen (secondary N) is 1. The number of nitrogens with two attached hydrogens (primary N) is 1. The van der Waals surface area contributed by atoms with Gasteiger partial charge in [-0.15, -0.1) is 0 Å². The molecule has 0 atom stereocenters. The summed E-state index contributed by atoms with van der Waals surface area (Å²) in [6, 6.07) is 14.8. The van der Waals surface area contributed by atoms with Gasteiger partial charge >= 0.3 is 0 Å². The van der Waals surface area contributed by atoms with Crippen LogP contribution in [0.5, 0.6) is 0 Å². The topological polar surface area (TPSA) is 75.4 Å². The summed E-state index contributed by atoms with van der Waals surface area (Å²) in [5, 5.41) is 2.88. The van der Waals surface area contributed by atoms with Crippen LogP contribution >= 0.6 is 0 Å². The molecule has 0 aliphatic rings. The third kappa shape index (κ3) is 5.64. The second-order valence-electron chi connectivity index (χ2n) is 6.10. The molecule has 2 amide bonds. The molecule has 5 nitrogen and oxygen atoms in total. The van der Waals surface area contributed by atoms with Crippen LogP contribution in [-0.2, 0) is 16.0 Å². The molecule has 2 aromatic carbocycles. The van der Waals surface area contributed by atoms with Crippen molar-refractivity contribution in [3.05, 3.63) is 59.7 Å². The van der Waals surface area contributed by atoms with Gasteiger partial charge in [0.05, 0.1) is 13.0 Å². The van der Waals surface area contributed by atoms with E-state index in [2.05, 4.69) is 5.32 Å². The van der Waals surface area contributed by atoms with Crippen molar-refractivity contribution in [2.45, 2.75) is 26.7 Å². The molecule has 2 aromatic rings. The van der Waals surface area contributed by atoms with Crippen LogP contribution in [0.4, 0.5) is 11.4 Å². The Morgan fingerprint density at radius 3 is 2.40 bits per heavy atom. The summed E-state index contributed by atoms with van der Waals surface area (Å²) in [7, 11) is 0. The highest BCUT2D eigenvalue weighted by Crippen LogP contribution is 2.13. The zero-order valence-electron chi connectivity index (χ0n) is 14.8. The molecule has 0 saturated carbocycles. The van der Waals surface area contributed by atoms with Crippen molar-refractivity contribution in [2.24, 2.45) is 0 Å². The Balaban J connectivity index is 1.99. The summed E-state index contributed by atoms with van der Waals surface area (Å²) in [6.07, 6.45) is 1.06. The Kier molecular flexibility index (Phi) is 6.57. The van der Waals surface area contributed by atoms with E-state index < -0.39 is 0 Å². The van der Waals surface area contributed by atoms with E-state index in [1.54, 1.807) is 17.0 Å². The summed E-state index contributed by atoms with van der Waals surface area (Å²) >= 11 is 0. The van der Waals surface area contributed by atoms with Crippen LogP contribution < -0.4 is 11.1 Å². The number of carbonyl (C=O) groups excluding carboxylic acids is 2. The second kappa shape index (κ2) is 8.87. The fourth-order valence-corrected chi connectivity index (χ4v) is 2.56. The first-order valence-electron chi connectivity index (χ1n) is 8.47. The van der Waals surface area contributed by atoms with E-state index >= 15 is 0 Å². The van der Waals surface area contributed by atoms with E-state index in [9.17, 15) is 9.59 Å². The molecular formula is C20H25N3O2. The largest absolute Gasteiger partial charge is 0.399 e. The van der Waals surface area contributed by atoms with Crippen LogP contribution in [0.2, 0.25) is 0 Å². The van der Waals surface area contributed by atoms with Crippen molar-refractivity contribution in [1.82, 2.24) is 4.90 Å². The summed E-state index contributed by atoms with van der Waals surface area (Å²) < 4.78 is 0. The first-order valence-corrected chi connectivity index (χ1v) is 8.47. The van der Waals surface area contributed by atoms with Gasteiger partial charge in [-0.1, -0.05) is 37.3 Å². The molecule has 3 N–H and O–H groups in total. The van der Waals surface area contributed by atoms with Crippen LogP contribution in [0.1, 0.15) is 24.5 Å². The summed E-state index contributed by atoms with van der Waals surface area (Å²) in [5.74, 6) is -0.250. The number of amides is 2. The number of rotatable bonds is 7. The summed E-state index contributed by atoms with van der Waals surface area (Å²) in [4.78, 5) is 26.5. The highest BCUT2D eigenvalue weighted by atomic mass is 16.2. The number of carbonyl (C=O) groups is 2. The average molecular weight is 339 g/mol. The maximum Gasteiger partial charge on any atom is 0.244 e. The smallest absolute Gasteiger partial charge is 0.244 e. The highest BCUT2D eigenvalue weighted by Gasteiger charge is 2.17. The molecule has 0 spiro atoms. The zero-order chi connectivity index (χ0) is 18.2. The molecule has 0 aromatic heterocycles. The molecule has 0 fully saturated rings. The van der Waals surface area contributed by atoms with E-state index in [-0.39, 0.29) is 24.8 Å². The van der Waals surface area contributed by atoms with E-state index in [1.807, 2.05) is 50.2 Å². The molecule has 5 heteroatoms. The first kappa shape index (κ1) is 18.5. The zero-order valence-corrected chi connectivity index (χ0v) is 14.8. The molecule has 0 saturated heterocycles. The van der Waals surface area contributed by atoms with Gasteiger partial charge in [-0.05, 0) is 42.7 Å². The minimum absolute atomic E-state index is 0.0516. The van der Waals surface area contributed by atoms with Gasteiger partial charge in [0.25, 0.3) is 0 Å². The standard InChI is InChI=1S/C20H25N3O2/c1-3-12-23(20(25)13-16-8-10-17(21)11-9-16)14-19(24)22-18-7-5-4-6-15(18)2/h4-11H,3,12-14,21H2,1-2H3,(H,22,24). The Labute approximate surface area is 148 Å². The van der Waals surface area contributed by atoms with Crippen LogP contribution in [0.25, 0.3) is 0 Å². The molecule has 0 aliphatic heterocycles. The van der Waals surface area contributed by atoms with Gasteiger partial charge in [-0.3, -0.25) is 9.59 Å². The fourth-order valence-electron chi connectivity index (χ4n) is 2.56. The SMILES string of the molecule is CCCN(CC(=O)Nc1ccccc1C)C(=O)Cc1ccc(N)cc1. The lowest BCUT2D eigenvalue weighted by Gasteiger charge is -2.22. The van der Waals surface area contributed by atoms with Crippen LogP contribution in [-0.4, -0.2) is 29.8 Å². The fraction of sp³-hybridized carbons (Fsp3) is 0.300. The van der Waals surface area contributed by atoms with Crippen molar-refractivity contribution in [2.75, 3.05) is 24.1 Å². The second-order valence-corrected chi connectivity index (χ2v) is 6.10. The van der Waals surface area contributed by atoms with Crippen LogP contribution in [0.3, 0.4) is 0 Å². The third-order valence-corrected chi connectivity index (χ3v) is 3.93. The van der Waals surface area contributed by atoms with E-state index in [0.29, 0.717) is 12.2 Å². The van der Waals surface area contributed by atoms with Gasteiger partial charge in [0, 0.05) is 17.9 Å². The van der Waals surface area contributed by atoms with Crippen molar-refractivity contribution in [1.29, 1.82) is 0 Å². The van der Waals surface area contributed by atoms with Gasteiger partial charge in [-0.25, -0.2) is 0 Å². The molecule has 2 rings (SSSR count). The lowest BCUT2D eigenvalue weighted by molar-refractivity contribution is -0.134. The maximum absolute atomic E-state index is 12.6. The normalized spacial score (nSPS) is 10.3. The minimum Gasteiger partial charge on any atom is -0.399 e. The van der Waals surface area contributed by atoms with Gasteiger partial charge in [0.1, 0.15) is 0 Å². The maximum atomic E-state index is 12.6. The number of aryl methyl sites for hydroxylation is 1. The molecule has 25 heavy (non-hydrogen) atoms. The first-order chi connectivity index (χ1) is 12.0. The number of benzene rings is 2. The molecule has 0 aliphatic carbocycles. The average Bonchev–Trinajstić information content (AvgIpc) is 2.58. The Hall–Kier alpha value is -2.82. The van der Waals surface area contributed by atoms with E-state index in [0.717, 1.165) is 23.2 Å². The van der Waals surface area contributed by atoms with Crippen molar-refractivity contribution in [3.63, 3.8) is 0 Å². The Bertz CT molecular complexity index is 726. The van der Waals surface area contributed by atoms with E-state index in [1.165, 1.54) is 0 Å². The number of para-hydroxylation sites is 1. The van der Waals surface area contributed by atoms with Crippen molar-refractivity contribution >= 4 is 23.2 Å². The molecular weight excluding hydrogens is 314 g/mol. The number of nitrogens with zero attached hydrogens (tertiary/aromatic N) is 1. The molecule has 0 radical (unpaired) electrons. The van der Waals surface area contributed by atoms with Gasteiger partial charge in [0.2, 0.25) is 11.8 Å². The molecule has 0 heterocycles. The lowest BCUT2D eigenvalue weighted by atomic mass is 10.1. The predicted molar refractivity (Wildman–Crippen MR) is 101 cm³/mol. The molecule has 132 valence electrons. The van der Waals surface area contributed by atoms with Crippen LogP contribution in [0, 0.1) is 6.92 Å². The number of hydrogen-bond donors (Lipinski definition) is 2. The highest BCUT2D eigenvalue weighted by molar-refractivity contribution is 5.95. The predicted octanol–water partition coefficient (Wildman–Crippen LogP) is 3.00. The number of hydrogen-bond acceptors (Lipinski definition) is 3. The van der Waals surface area contributed by atoms with Gasteiger partial charge in [0.15, 0.2) is 0 Å². The van der Waals surface area contributed by atoms with Crippen molar-refractivity contribution < 1.29 is 9.59 Å².